The predicted octanol–water partition coefficient (Wildman–Crippen LogP) is 13.7. The molecule has 56 heavy (non-hydrogen) atoms. The van der Waals surface area contributed by atoms with Crippen LogP contribution in [0.1, 0.15) is 0 Å². The maximum absolute atomic E-state index is 5.23. The first-order valence-corrected chi connectivity index (χ1v) is 19.6. The zero-order chi connectivity index (χ0) is 37.0. The van der Waals surface area contributed by atoms with Crippen LogP contribution in [0.4, 0.5) is 0 Å². The van der Waals surface area contributed by atoms with Gasteiger partial charge in [0, 0.05) is 53.3 Å². The summed E-state index contributed by atoms with van der Waals surface area (Å²) in [5.74, 6) is 1.94. The van der Waals surface area contributed by atoms with Crippen LogP contribution in [0.15, 0.2) is 194 Å². The molecule has 0 aliphatic rings. The van der Waals surface area contributed by atoms with Gasteiger partial charge in [-0.3, -0.25) is 0 Å². The van der Waals surface area contributed by atoms with Gasteiger partial charge >= 0.3 is 0 Å². The Kier molecular flexibility index (Phi) is 7.64. The molecule has 0 N–H and O–H groups in total. The normalized spacial score (nSPS) is 11.6. The topological polar surface area (TPSA) is 43.6 Å². The predicted molar refractivity (Wildman–Crippen MR) is 234 cm³/mol. The van der Waals surface area contributed by atoms with Crippen molar-refractivity contribution in [3.05, 3.63) is 194 Å². The van der Waals surface area contributed by atoms with Gasteiger partial charge in [0.25, 0.3) is 0 Å². The fourth-order valence-corrected chi connectivity index (χ4v) is 9.15. The average Bonchev–Trinajstić information content (AvgIpc) is 3.82. The van der Waals surface area contributed by atoms with Gasteiger partial charge in [-0.05, 0) is 64.7 Å². The summed E-state index contributed by atoms with van der Waals surface area (Å²) >= 11 is 1.79. The van der Waals surface area contributed by atoms with Gasteiger partial charge < -0.3 is 4.57 Å². The highest BCUT2D eigenvalue weighted by Gasteiger charge is 2.21. The quantitative estimate of drug-likeness (QED) is 0.171. The van der Waals surface area contributed by atoms with Crippen LogP contribution in [0.2, 0.25) is 0 Å². The Labute approximate surface area is 327 Å². The van der Waals surface area contributed by atoms with Crippen LogP contribution in [0.5, 0.6) is 0 Å². The Bertz CT molecular complexity index is 3070. The molecule has 262 valence electrons. The third-order valence-corrected chi connectivity index (χ3v) is 11.9. The third kappa shape index (κ3) is 5.48. The van der Waals surface area contributed by atoms with Gasteiger partial charge in [-0.2, -0.15) is 0 Å². The molecule has 0 fully saturated rings. The van der Waals surface area contributed by atoms with E-state index >= 15 is 0 Å². The van der Waals surface area contributed by atoms with E-state index in [0.717, 1.165) is 38.1 Å². The summed E-state index contributed by atoms with van der Waals surface area (Å²) in [6.07, 6.45) is 0. The fourth-order valence-electron chi connectivity index (χ4n) is 7.96. The van der Waals surface area contributed by atoms with E-state index in [1.807, 2.05) is 36.4 Å². The Balaban J connectivity index is 1.21. The molecule has 0 aliphatic heterocycles. The lowest BCUT2D eigenvalue weighted by Gasteiger charge is -2.13. The number of nitrogens with zero attached hydrogens (tertiary/aromatic N) is 4. The second-order valence-corrected chi connectivity index (χ2v) is 15.1. The number of thiophene rings is 1. The lowest BCUT2D eigenvalue weighted by atomic mass is 10.0. The van der Waals surface area contributed by atoms with E-state index in [1.54, 1.807) is 11.3 Å². The van der Waals surface area contributed by atoms with Crippen LogP contribution < -0.4 is 0 Å². The van der Waals surface area contributed by atoms with Crippen molar-refractivity contribution >= 4 is 53.3 Å². The Morgan fingerprint density at radius 2 is 0.804 bits per heavy atom. The molecule has 0 saturated heterocycles. The molecule has 4 nitrogen and oxygen atoms in total. The summed E-state index contributed by atoms with van der Waals surface area (Å²) in [6, 6.07) is 68.7. The summed E-state index contributed by atoms with van der Waals surface area (Å²) in [6.45, 7) is 0. The number of benzene rings is 8. The number of fused-ring (bicyclic) bond motifs is 6. The Morgan fingerprint density at radius 3 is 1.34 bits per heavy atom. The summed E-state index contributed by atoms with van der Waals surface area (Å²) in [5.41, 5.74) is 11.0. The van der Waals surface area contributed by atoms with Gasteiger partial charge in [0.15, 0.2) is 17.5 Å². The summed E-state index contributed by atoms with van der Waals surface area (Å²) in [7, 11) is 0. The fraction of sp³-hybridized carbons (Fsp3) is 0. The molecule has 11 aromatic rings. The first kappa shape index (κ1) is 32.2. The number of rotatable bonds is 6. The van der Waals surface area contributed by atoms with Crippen molar-refractivity contribution in [1.29, 1.82) is 0 Å². The average molecular weight is 733 g/mol. The minimum absolute atomic E-state index is 0.646. The molecular weight excluding hydrogens is 701 g/mol. The van der Waals surface area contributed by atoms with E-state index in [-0.39, 0.29) is 0 Å². The maximum Gasteiger partial charge on any atom is 0.165 e. The largest absolute Gasteiger partial charge is 0.309 e. The number of hydrogen-bond donors (Lipinski definition) is 0. The highest BCUT2D eigenvalue weighted by atomic mass is 32.1. The molecule has 0 saturated carbocycles. The van der Waals surface area contributed by atoms with E-state index in [0.29, 0.717) is 17.5 Å². The first-order valence-electron chi connectivity index (χ1n) is 18.8. The van der Waals surface area contributed by atoms with E-state index in [2.05, 4.69) is 162 Å². The molecule has 0 aliphatic carbocycles. The molecule has 0 bridgehead atoms. The van der Waals surface area contributed by atoms with Crippen molar-refractivity contribution in [3.8, 4) is 62.1 Å². The van der Waals surface area contributed by atoms with Crippen molar-refractivity contribution in [2.45, 2.75) is 0 Å². The first-order chi connectivity index (χ1) is 27.7. The monoisotopic (exact) mass is 732 g/mol. The molecule has 0 atom stereocenters. The van der Waals surface area contributed by atoms with Crippen LogP contribution in [0.25, 0.3) is 104 Å². The number of aromatic nitrogens is 4. The van der Waals surface area contributed by atoms with Gasteiger partial charge in [-0.15, -0.1) is 11.3 Å². The smallest absolute Gasteiger partial charge is 0.165 e. The zero-order valence-electron chi connectivity index (χ0n) is 30.2. The van der Waals surface area contributed by atoms with Crippen LogP contribution in [0.3, 0.4) is 0 Å². The molecule has 8 aromatic carbocycles. The van der Waals surface area contributed by atoms with Gasteiger partial charge in [0.05, 0.1) is 11.0 Å². The van der Waals surface area contributed by atoms with Crippen molar-refractivity contribution in [2.75, 3.05) is 0 Å². The van der Waals surface area contributed by atoms with Crippen molar-refractivity contribution in [2.24, 2.45) is 0 Å². The molecular formula is C51H32N4S. The lowest BCUT2D eigenvalue weighted by Crippen LogP contribution is -2.01. The number of hydrogen-bond acceptors (Lipinski definition) is 4. The maximum atomic E-state index is 5.23. The third-order valence-electron chi connectivity index (χ3n) is 10.6. The van der Waals surface area contributed by atoms with Gasteiger partial charge in [-0.25, -0.2) is 15.0 Å². The molecule has 11 rings (SSSR count). The minimum atomic E-state index is 0.646. The van der Waals surface area contributed by atoms with Crippen molar-refractivity contribution in [1.82, 2.24) is 19.5 Å². The molecule has 0 spiro atoms. The van der Waals surface area contributed by atoms with E-state index in [1.165, 1.54) is 48.5 Å². The SMILES string of the molecule is c1ccc(-c2ccc3c(c2)c2cc(-c4ccccc4)ccc2n3-c2cc(-c3nc(-c4ccccc4)nc(-c4ccccc4)n3)c3sc4ccccc4c3c2)cc1. The molecule has 5 heteroatoms. The standard InChI is InChI=1S/C51H32N4S/c1-5-15-33(16-6-1)37-25-27-45-41(29-37)42-30-38(34-17-7-2-8-18-34)26-28-46(42)55(45)39-31-43-40-23-13-14-24-47(40)56-48(43)44(32-39)51-53-49(35-19-9-3-10-20-35)52-50(54-51)36-21-11-4-12-22-36/h1-32H. The lowest BCUT2D eigenvalue weighted by molar-refractivity contribution is 1.07. The van der Waals surface area contributed by atoms with Crippen LogP contribution in [0, 0.1) is 0 Å². The van der Waals surface area contributed by atoms with Gasteiger partial charge in [0.1, 0.15) is 0 Å². The Morgan fingerprint density at radius 1 is 0.339 bits per heavy atom. The summed E-state index contributed by atoms with van der Waals surface area (Å²) in [5, 5.41) is 4.80. The second-order valence-electron chi connectivity index (χ2n) is 14.0. The van der Waals surface area contributed by atoms with Gasteiger partial charge in [-0.1, -0.05) is 152 Å². The summed E-state index contributed by atoms with van der Waals surface area (Å²) in [4.78, 5) is 15.5. The molecule has 0 amide bonds. The molecule has 3 heterocycles. The van der Waals surface area contributed by atoms with E-state index in [4.69, 9.17) is 15.0 Å². The van der Waals surface area contributed by atoms with E-state index < -0.39 is 0 Å². The van der Waals surface area contributed by atoms with Crippen LogP contribution in [-0.4, -0.2) is 19.5 Å². The van der Waals surface area contributed by atoms with Crippen LogP contribution in [-0.2, 0) is 0 Å². The molecule has 3 aromatic heterocycles. The molecule has 0 radical (unpaired) electrons. The second kappa shape index (κ2) is 13.3. The summed E-state index contributed by atoms with van der Waals surface area (Å²) < 4.78 is 4.79. The minimum Gasteiger partial charge on any atom is -0.309 e. The van der Waals surface area contributed by atoms with E-state index in [9.17, 15) is 0 Å². The zero-order valence-corrected chi connectivity index (χ0v) is 31.0. The Hall–Kier alpha value is -7.21. The van der Waals surface area contributed by atoms with Crippen molar-refractivity contribution in [3.63, 3.8) is 0 Å². The molecule has 0 unspecified atom stereocenters. The van der Waals surface area contributed by atoms with Crippen molar-refractivity contribution < 1.29 is 0 Å². The van der Waals surface area contributed by atoms with Crippen LogP contribution >= 0.6 is 11.3 Å². The highest BCUT2D eigenvalue weighted by Crippen LogP contribution is 2.44. The highest BCUT2D eigenvalue weighted by molar-refractivity contribution is 7.26. The van der Waals surface area contributed by atoms with Gasteiger partial charge in [0.2, 0.25) is 0 Å².